The second kappa shape index (κ2) is 7.02. The minimum Gasteiger partial charge on any atom is -0.456 e. The standard InChI is InChI=1S/C18H16N4O.ClH/c19-17(20)13-5-1-11(2-6-13)15-9-10-16(23-15)12-3-7-14(8-4-12)18(21)22;/h1-10H,(H3,19,20)(H3,21,22);1H. The first kappa shape index (κ1) is 17.3. The molecule has 0 bridgehead atoms. The molecule has 3 rings (SSSR count). The van der Waals surface area contributed by atoms with E-state index >= 15 is 0 Å². The van der Waals surface area contributed by atoms with E-state index < -0.39 is 0 Å². The molecule has 122 valence electrons. The molecule has 3 aromatic rings. The number of hydrogen-bond donors (Lipinski definition) is 4. The molecule has 6 N–H and O–H groups in total. The van der Waals surface area contributed by atoms with Crippen LogP contribution in [0.2, 0.25) is 0 Å². The molecule has 6 heteroatoms. The van der Waals surface area contributed by atoms with E-state index in [2.05, 4.69) is 0 Å². The maximum absolute atomic E-state index is 7.40. The molecule has 0 atom stereocenters. The average molecular weight is 341 g/mol. The Morgan fingerprint density at radius 2 is 0.958 bits per heavy atom. The SMILES string of the molecule is Cl.N=C(N)c1ccc(-c2ccc(-c3ccc(C(=N)N)cc3)o2)cc1. The van der Waals surface area contributed by atoms with Gasteiger partial charge in [0.05, 0.1) is 0 Å². The molecule has 0 aliphatic rings. The van der Waals surface area contributed by atoms with Crippen molar-refractivity contribution in [1.82, 2.24) is 0 Å². The van der Waals surface area contributed by atoms with Crippen LogP contribution in [0.15, 0.2) is 65.1 Å². The highest BCUT2D eigenvalue weighted by Gasteiger charge is 2.08. The fraction of sp³-hybridized carbons (Fsp3) is 0. The van der Waals surface area contributed by atoms with E-state index in [9.17, 15) is 0 Å². The zero-order chi connectivity index (χ0) is 16.4. The van der Waals surface area contributed by atoms with Crippen LogP contribution in [0.3, 0.4) is 0 Å². The van der Waals surface area contributed by atoms with E-state index in [-0.39, 0.29) is 24.1 Å². The second-order valence-corrected chi connectivity index (χ2v) is 5.15. The first-order valence-electron chi connectivity index (χ1n) is 7.04. The summed E-state index contributed by atoms with van der Waals surface area (Å²) in [4.78, 5) is 0. The predicted molar refractivity (Wildman–Crippen MR) is 98.9 cm³/mol. The van der Waals surface area contributed by atoms with Gasteiger partial charge in [-0.15, -0.1) is 12.4 Å². The summed E-state index contributed by atoms with van der Waals surface area (Å²) in [5.41, 5.74) is 14.1. The number of nitrogen functional groups attached to an aromatic ring is 2. The molecule has 0 saturated heterocycles. The van der Waals surface area contributed by atoms with Crippen molar-refractivity contribution in [2.45, 2.75) is 0 Å². The van der Waals surface area contributed by atoms with Crippen molar-refractivity contribution in [3.8, 4) is 22.6 Å². The Morgan fingerprint density at radius 3 is 1.25 bits per heavy atom. The number of benzene rings is 2. The Morgan fingerprint density at radius 1 is 0.625 bits per heavy atom. The normalized spacial score (nSPS) is 10.0. The van der Waals surface area contributed by atoms with Gasteiger partial charge < -0.3 is 15.9 Å². The summed E-state index contributed by atoms with van der Waals surface area (Å²) in [6.45, 7) is 0. The van der Waals surface area contributed by atoms with Gasteiger partial charge in [-0.05, 0) is 12.1 Å². The van der Waals surface area contributed by atoms with Crippen molar-refractivity contribution in [1.29, 1.82) is 10.8 Å². The lowest BCUT2D eigenvalue weighted by molar-refractivity contribution is 0.597. The minimum absolute atomic E-state index is 0. The Labute approximate surface area is 145 Å². The lowest BCUT2D eigenvalue weighted by atomic mass is 10.1. The highest BCUT2D eigenvalue weighted by Crippen LogP contribution is 2.28. The van der Waals surface area contributed by atoms with Crippen molar-refractivity contribution < 1.29 is 4.42 Å². The second-order valence-electron chi connectivity index (χ2n) is 5.15. The summed E-state index contributed by atoms with van der Waals surface area (Å²) in [5, 5.41) is 14.8. The van der Waals surface area contributed by atoms with Gasteiger partial charge in [-0.1, -0.05) is 48.5 Å². The lowest BCUT2D eigenvalue weighted by Crippen LogP contribution is -2.10. The predicted octanol–water partition coefficient (Wildman–Crippen LogP) is 3.60. The van der Waals surface area contributed by atoms with Crippen LogP contribution in [0.5, 0.6) is 0 Å². The van der Waals surface area contributed by atoms with E-state index in [4.69, 9.17) is 26.7 Å². The van der Waals surface area contributed by atoms with E-state index in [1.165, 1.54) is 0 Å². The van der Waals surface area contributed by atoms with Crippen molar-refractivity contribution in [2.24, 2.45) is 11.5 Å². The lowest BCUT2D eigenvalue weighted by Gasteiger charge is -2.02. The van der Waals surface area contributed by atoms with Gasteiger partial charge in [0, 0.05) is 22.3 Å². The van der Waals surface area contributed by atoms with Crippen molar-refractivity contribution in [2.75, 3.05) is 0 Å². The number of halogens is 1. The molecule has 1 heterocycles. The summed E-state index contributed by atoms with van der Waals surface area (Å²) < 4.78 is 5.89. The number of amidine groups is 2. The van der Waals surface area contributed by atoms with E-state index in [1.807, 2.05) is 36.4 Å². The molecular weight excluding hydrogens is 324 g/mol. The van der Waals surface area contributed by atoms with E-state index in [0.29, 0.717) is 11.1 Å². The maximum Gasteiger partial charge on any atom is 0.134 e. The van der Waals surface area contributed by atoms with Gasteiger partial charge in [-0.25, -0.2) is 0 Å². The molecule has 0 spiro atoms. The van der Waals surface area contributed by atoms with Crippen molar-refractivity contribution in [3.63, 3.8) is 0 Å². The van der Waals surface area contributed by atoms with E-state index in [0.717, 1.165) is 22.6 Å². The van der Waals surface area contributed by atoms with Gasteiger partial charge in [-0.2, -0.15) is 0 Å². The molecule has 0 saturated carbocycles. The quantitative estimate of drug-likeness (QED) is 0.429. The molecule has 0 radical (unpaired) electrons. The van der Waals surface area contributed by atoms with Gasteiger partial charge in [0.15, 0.2) is 0 Å². The molecule has 0 fully saturated rings. The highest BCUT2D eigenvalue weighted by atomic mass is 35.5. The third kappa shape index (κ3) is 3.47. The number of rotatable bonds is 4. The van der Waals surface area contributed by atoms with Crippen LogP contribution in [0.4, 0.5) is 0 Å². The first-order valence-corrected chi connectivity index (χ1v) is 7.04. The fourth-order valence-electron chi connectivity index (χ4n) is 2.28. The molecule has 1 aromatic heterocycles. The molecule has 0 amide bonds. The number of nitrogens with one attached hydrogen (secondary N) is 2. The van der Waals surface area contributed by atoms with Gasteiger partial charge in [0.25, 0.3) is 0 Å². The Hall–Kier alpha value is -3.05. The van der Waals surface area contributed by atoms with Gasteiger partial charge in [0.1, 0.15) is 23.2 Å². The van der Waals surface area contributed by atoms with Crippen LogP contribution in [-0.2, 0) is 0 Å². The topological polar surface area (TPSA) is 113 Å². The largest absolute Gasteiger partial charge is 0.456 e. The number of nitrogens with two attached hydrogens (primary N) is 2. The summed E-state index contributed by atoms with van der Waals surface area (Å²) in [5.74, 6) is 1.57. The zero-order valence-electron chi connectivity index (χ0n) is 12.7. The summed E-state index contributed by atoms with van der Waals surface area (Å²) in [6.07, 6.45) is 0. The molecule has 0 aliphatic carbocycles. The van der Waals surface area contributed by atoms with Crippen molar-refractivity contribution in [3.05, 3.63) is 71.8 Å². The van der Waals surface area contributed by atoms with Crippen LogP contribution in [0.1, 0.15) is 11.1 Å². The smallest absolute Gasteiger partial charge is 0.134 e. The van der Waals surface area contributed by atoms with Crippen LogP contribution >= 0.6 is 12.4 Å². The molecule has 24 heavy (non-hydrogen) atoms. The molecule has 2 aromatic carbocycles. The Bertz CT molecular complexity index is 795. The molecule has 5 nitrogen and oxygen atoms in total. The van der Waals surface area contributed by atoms with E-state index in [1.54, 1.807) is 24.3 Å². The van der Waals surface area contributed by atoms with Gasteiger partial charge in [0.2, 0.25) is 0 Å². The van der Waals surface area contributed by atoms with Crippen LogP contribution in [0.25, 0.3) is 22.6 Å². The summed E-state index contributed by atoms with van der Waals surface area (Å²) >= 11 is 0. The van der Waals surface area contributed by atoms with Gasteiger partial charge in [-0.3, -0.25) is 10.8 Å². The highest BCUT2D eigenvalue weighted by molar-refractivity contribution is 5.95. The first-order chi connectivity index (χ1) is 11.0. The number of hydrogen-bond acceptors (Lipinski definition) is 3. The summed E-state index contributed by atoms with van der Waals surface area (Å²) in [6, 6.07) is 18.5. The average Bonchev–Trinajstić information content (AvgIpc) is 3.05. The third-order valence-corrected chi connectivity index (χ3v) is 3.57. The fourth-order valence-corrected chi connectivity index (χ4v) is 2.28. The van der Waals surface area contributed by atoms with Crippen LogP contribution in [0, 0.1) is 10.8 Å². The molecular formula is C18H17ClN4O. The third-order valence-electron chi connectivity index (χ3n) is 3.57. The van der Waals surface area contributed by atoms with Crippen LogP contribution < -0.4 is 11.5 Å². The maximum atomic E-state index is 7.40. The molecule has 0 aliphatic heterocycles. The minimum atomic E-state index is 0. The number of furan rings is 1. The summed E-state index contributed by atoms with van der Waals surface area (Å²) in [7, 11) is 0. The monoisotopic (exact) mass is 340 g/mol. The Balaban J connectivity index is 0.00000208. The zero-order valence-corrected chi connectivity index (χ0v) is 13.6. The Kier molecular flexibility index (Phi) is 5.06. The van der Waals surface area contributed by atoms with Crippen molar-refractivity contribution >= 4 is 24.1 Å². The van der Waals surface area contributed by atoms with Gasteiger partial charge >= 0.3 is 0 Å². The molecule has 0 unspecified atom stereocenters. The van der Waals surface area contributed by atoms with Crippen LogP contribution in [-0.4, -0.2) is 11.7 Å².